The molecule has 3 aromatic rings. The number of fused-ring (bicyclic) bond motifs is 2. The SMILES string of the molecule is NC(=O)c1cc2c(-c3ccc4c(N)ccc-4o3)nc(-c3cccnc3)nc2s1. The van der Waals surface area contributed by atoms with Crippen LogP contribution in [-0.2, 0) is 0 Å². The summed E-state index contributed by atoms with van der Waals surface area (Å²) >= 11 is 1.22. The Balaban J connectivity index is 1.79. The molecule has 1 aliphatic heterocycles. The number of hydrogen-bond acceptors (Lipinski definition) is 7. The summed E-state index contributed by atoms with van der Waals surface area (Å²) in [5, 5.41) is 0.703. The molecule has 0 spiro atoms. The number of carbonyl (C=O) groups excluding carboxylic acids is 1. The number of nitrogens with two attached hydrogens (primary N) is 2. The molecule has 2 aliphatic rings. The molecule has 5 rings (SSSR count). The van der Waals surface area contributed by atoms with E-state index in [1.165, 1.54) is 11.3 Å². The van der Waals surface area contributed by atoms with Crippen LogP contribution in [0.2, 0.25) is 0 Å². The third-order valence-electron chi connectivity index (χ3n) is 4.40. The molecule has 0 aromatic carbocycles. The Kier molecular flexibility index (Phi) is 3.59. The van der Waals surface area contributed by atoms with Gasteiger partial charge in [-0.1, -0.05) is 0 Å². The quantitative estimate of drug-likeness (QED) is 0.486. The number of carbonyl (C=O) groups is 1. The summed E-state index contributed by atoms with van der Waals surface area (Å²) in [6, 6.07) is 12.7. The van der Waals surface area contributed by atoms with E-state index in [1.54, 1.807) is 24.5 Å². The third-order valence-corrected chi connectivity index (χ3v) is 5.44. The number of thiophene rings is 1. The number of amides is 1. The Bertz CT molecular complexity index is 1310. The summed E-state index contributed by atoms with van der Waals surface area (Å²) < 4.78 is 6.04. The van der Waals surface area contributed by atoms with Crippen LogP contribution in [0.4, 0.5) is 5.69 Å². The van der Waals surface area contributed by atoms with Gasteiger partial charge in [-0.05, 0) is 42.5 Å². The maximum atomic E-state index is 11.7. The lowest BCUT2D eigenvalue weighted by atomic mass is 10.1. The van der Waals surface area contributed by atoms with Crippen molar-refractivity contribution < 1.29 is 9.21 Å². The summed E-state index contributed by atoms with van der Waals surface area (Å²) in [5.41, 5.74) is 14.3. The van der Waals surface area contributed by atoms with E-state index in [-0.39, 0.29) is 0 Å². The first-order chi connectivity index (χ1) is 13.6. The fourth-order valence-electron chi connectivity index (χ4n) is 3.05. The summed E-state index contributed by atoms with van der Waals surface area (Å²) in [6.45, 7) is 0. The lowest BCUT2D eigenvalue weighted by molar-refractivity contribution is 0.100. The van der Waals surface area contributed by atoms with Crippen LogP contribution < -0.4 is 11.5 Å². The highest BCUT2D eigenvalue weighted by atomic mass is 32.1. The number of pyridine rings is 1. The number of aromatic nitrogens is 3. The molecule has 8 heteroatoms. The fourth-order valence-corrected chi connectivity index (χ4v) is 3.93. The van der Waals surface area contributed by atoms with E-state index in [0.717, 1.165) is 11.1 Å². The van der Waals surface area contributed by atoms with Gasteiger partial charge in [-0.25, -0.2) is 9.97 Å². The highest BCUT2D eigenvalue weighted by Gasteiger charge is 2.19. The van der Waals surface area contributed by atoms with E-state index >= 15 is 0 Å². The number of rotatable bonds is 3. The Hall–Kier alpha value is -3.78. The van der Waals surface area contributed by atoms with E-state index in [4.69, 9.17) is 20.9 Å². The normalized spacial score (nSPS) is 11.3. The molecular formula is C20H13N5O2S. The second-order valence-electron chi connectivity index (χ2n) is 6.20. The predicted molar refractivity (Wildman–Crippen MR) is 108 cm³/mol. The van der Waals surface area contributed by atoms with E-state index in [0.29, 0.717) is 43.8 Å². The van der Waals surface area contributed by atoms with Crippen LogP contribution in [0.1, 0.15) is 9.67 Å². The van der Waals surface area contributed by atoms with Crippen molar-refractivity contribution >= 4 is 33.1 Å². The molecule has 3 aromatic heterocycles. The molecule has 0 unspecified atom stereocenters. The molecule has 0 saturated carbocycles. The van der Waals surface area contributed by atoms with Gasteiger partial charge in [0.05, 0.1) is 4.88 Å². The number of anilines is 1. The molecule has 4 heterocycles. The monoisotopic (exact) mass is 387 g/mol. The van der Waals surface area contributed by atoms with Crippen molar-refractivity contribution in [1.29, 1.82) is 0 Å². The van der Waals surface area contributed by atoms with Gasteiger partial charge in [0.1, 0.15) is 16.3 Å². The molecule has 136 valence electrons. The van der Waals surface area contributed by atoms with Crippen molar-refractivity contribution in [1.82, 2.24) is 15.0 Å². The highest BCUT2D eigenvalue weighted by Crippen LogP contribution is 2.38. The predicted octanol–water partition coefficient (Wildman–Crippen LogP) is 3.80. The fraction of sp³-hybridized carbons (Fsp3) is 0. The Morgan fingerprint density at radius 2 is 1.93 bits per heavy atom. The van der Waals surface area contributed by atoms with Crippen LogP contribution in [0.5, 0.6) is 0 Å². The van der Waals surface area contributed by atoms with Crippen molar-refractivity contribution in [2.24, 2.45) is 5.73 Å². The summed E-state index contributed by atoms with van der Waals surface area (Å²) in [4.78, 5) is 26.2. The van der Waals surface area contributed by atoms with Crippen LogP contribution in [-0.4, -0.2) is 20.9 Å². The van der Waals surface area contributed by atoms with Crippen molar-refractivity contribution in [2.45, 2.75) is 0 Å². The largest absolute Gasteiger partial charge is 0.454 e. The van der Waals surface area contributed by atoms with Crippen molar-refractivity contribution in [2.75, 3.05) is 5.73 Å². The molecule has 0 saturated heterocycles. The second kappa shape index (κ2) is 6.14. The summed E-state index contributed by atoms with van der Waals surface area (Å²) in [5.74, 6) is 1.19. The summed E-state index contributed by atoms with van der Waals surface area (Å²) in [7, 11) is 0. The van der Waals surface area contributed by atoms with Crippen LogP contribution in [0.15, 0.2) is 59.3 Å². The summed E-state index contributed by atoms with van der Waals surface area (Å²) in [6.07, 6.45) is 3.37. The molecule has 0 atom stereocenters. The second-order valence-corrected chi connectivity index (χ2v) is 7.23. The molecule has 0 radical (unpaired) electrons. The van der Waals surface area contributed by atoms with Crippen LogP contribution >= 0.6 is 11.3 Å². The zero-order valence-corrected chi connectivity index (χ0v) is 15.2. The van der Waals surface area contributed by atoms with Crippen LogP contribution in [0.3, 0.4) is 0 Å². The smallest absolute Gasteiger partial charge is 0.258 e. The first-order valence-corrected chi connectivity index (χ1v) is 9.22. The molecule has 7 nitrogen and oxygen atoms in total. The van der Waals surface area contributed by atoms with Crippen LogP contribution in [0.25, 0.3) is 44.4 Å². The van der Waals surface area contributed by atoms with Crippen molar-refractivity contribution in [3.63, 3.8) is 0 Å². The number of nitrogen functional groups attached to an aromatic ring is 1. The maximum Gasteiger partial charge on any atom is 0.258 e. The van der Waals surface area contributed by atoms with E-state index in [2.05, 4.69) is 9.97 Å². The van der Waals surface area contributed by atoms with Gasteiger partial charge in [-0.15, -0.1) is 11.3 Å². The highest BCUT2D eigenvalue weighted by molar-refractivity contribution is 7.20. The molecular weight excluding hydrogens is 374 g/mol. The average Bonchev–Trinajstić information content (AvgIpc) is 3.31. The zero-order valence-electron chi connectivity index (χ0n) is 14.4. The van der Waals surface area contributed by atoms with E-state index in [9.17, 15) is 4.79 Å². The lowest BCUT2D eigenvalue weighted by Crippen LogP contribution is -2.08. The standard InChI is InChI=1S/C20H13N5O2S/c21-13-4-6-14-11(13)3-5-15(27-14)17-12-8-16(18(22)26)28-20(12)25-19(24-17)10-2-1-7-23-9-10/h1-9H,21H2,(H2,22,26). The molecule has 0 fully saturated rings. The van der Waals surface area contributed by atoms with Gasteiger partial charge in [-0.3, -0.25) is 9.78 Å². The third kappa shape index (κ3) is 2.58. The molecule has 0 bridgehead atoms. The van der Waals surface area contributed by atoms with Gasteiger partial charge in [0, 0.05) is 34.6 Å². The maximum absolute atomic E-state index is 11.7. The Labute approximate surface area is 163 Å². The molecule has 4 N–H and O–H groups in total. The van der Waals surface area contributed by atoms with E-state index < -0.39 is 5.91 Å². The molecule has 1 amide bonds. The van der Waals surface area contributed by atoms with Gasteiger partial charge in [0.2, 0.25) is 0 Å². The lowest BCUT2D eigenvalue weighted by Gasteiger charge is -2.08. The minimum Gasteiger partial charge on any atom is -0.454 e. The minimum atomic E-state index is -0.506. The number of hydrogen-bond donors (Lipinski definition) is 2. The average molecular weight is 387 g/mol. The van der Waals surface area contributed by atoms with Crippen molar-refractivity contribution in [3.8, 4) is 34.2 Å². The van der Waals surface area contributed by atoms with Gasteiger partial charge >= 0.3 is 0 Å². The van der Waals surface area contributed by atoms with Gasteiger partial charge in [0.15, 0.2) is 11.6 Å². The van der Waals surface area contributed by atoms with Gasteiger partial charge < -0.3 is 15.9 Å². The Morgan fingerprint density at radius 1 is 1.07 bits per heavy atom. The van der Waals surface area contributed by atoms with Gasteiger partial charge in [-0.2, -0.15) is 0 Å². The zero-order chi connectivity index (χ0) is 19.3. The van der Waals surface area contributed by atoms with Crippen LogP contribution in [0, 0.1) is 0 Å². The topological polar surface area (TPSA) is 121 Å². The minimum absolute atomic E-state index is 0.410. The molecule has 1 aliphatic carbocycles. The first-order valence-electron chi connectivity index (χ1n) is 8.40. The number of nitrogens with zero attached hydrogens (tertiary/aromatic N) is 3. The first kappa shape index (κ1) is 16.4. The van der Waals surface area contributed by atoms with E-state index in [1.807, 2.05) is 30.3 Å². The Morgan fingerprint density at radius 3 is 2.71 bits per heavy atom. The molecule has 28 heavy (non-hydrogen) atoms. The van der Waals surface area contributed by atoms with Crippen molar-refractivity contribution in [3.05, 3.63) is 59.7 Å². The van der Waals surface area contributed by atoms with Gasteiger partial charge in [0.25, 0.3) is 5.91 Å². The number of primary amides is 1.